The van der Waals surface area contributed by atoms with E-state index in [0.29, 0.717) is 31.4 Å². The molecule has 2 bridgehead atoms. The predicted octanol–water partition coefficient (Wildman–Crippen LogP) is 4.41. The first-order valence-corrected chi connectivity index (χ1v) is 14.7. The smallest absolute Gasteiger partial charge is 0.312 e. The van der Waals surface area contributed by atoms with Crippen molar-refractivity contribution in [3.05, 3.63) is 67.8 Å². The molecule has 2 aromatic carbocycles. The van der Waals surface area contributed by atoms with Crippen LogP contribution in [0.4, 0.5) is 5.69 Å². The van der Waals surface area contributed by atoms with E-state index in [0.717, 1.165) is 23.6 Å². The molecule has 3 fully saturated rings. The summed E-state index contributed by atoms with van der Waals surface area (Å²) in [6.07, 6.45) is 7.44. The van der Waals surface area contributed by atoms with E-state index in [1.54, 1.807) is 11.0 Å². The summed E-state index contributed by atoms with van der Waals surface area (Å²) in [5, 5.41) is 12.0. The summed E-state index contributed by atoms with van der Waals surface area (Å²) < 4.78 is 12.5. The van der Waals surface area contributed by atoms with E-state index in [9.17, 15) is 19.5 Å². The molecular weight excluding hydrogens is 520 g/mol. The number of carbonyl (C=O) groups excluding carboxylic acids is 3. The number of nitrogens with zero attached hydrogens (tertiary/aromatic N) is 2. The molecule has 2 aromatic rings. The SMILES string of the molecule is C=CCCCCOC(=O)[C@H]1[C@H]2C(=O)N(CCO)C(C(=O)N(CC=C)c3ccc4ccccc4c3)C23CC[C@]1(CC)O3. The summed E-state index contributed by atoms with van der Waals surface area (Å²) in [4.78, 5) is 45.3. The second-order valence-electron chi connectivity index (χ2n) is 11.3. The van der Waals surface area contributed by atoms with Crippen LogP contribution in [0.25, 0.3) is 10.8 Å². The van der Waals surface area contributed by atoms with Gasteiger partial charge in [-0.25, -0.2) is 0 Å². The number of hydrogen-bond donors (Lipinski definition) is 1. The number of unbranched alkanes of at least 4 members (excludes halogenated alkanes) is 2. The van der Waals surface area contributed by atoms with E-state index in [-0.39, 0.29) is 38.1 Å². The van der Waals surface area contributed by atoms with E-state index in [1.807, 2.05) is 55.5 Å². The van der Waals surface area contributed by atoms with Crippen molar-refractivity contribution in [2.24, 2.45) is 11.8 Å². The van der Waals surface area contributed by atoms with Gasteiger partial charge in [-0.15, -0.1) is 13.2 Å². The Hall–Kier alpha value is -3.49. The highest BCUT2D eigenvalue weighted by Gasteiger charge is 2.79. The number of allylic oxidation sites excluding steroid dienone is 1. The summed E-state index contributed by atoms with van der Waals surface area (Å²) in [5.41, 5.74) is -1.37. The minimum Gasteiger partial charge on any atom is -0.465 e. The predicted molar refractivity (Wildman–Crippen MR) is 157 cm³/mol. The van der Waals surface area contributed by atoms with Gasteiger partial charge in [0.2, 0.25) is 5.91 Å². The van der Waals surface area contributed by atoms with Crippen LogP contribution in [0, 0.1) is 11.8 Å². The van der Waals surface area contributed by atoms with Crippen LogP contribution in [-0.2, 0) is 23.9 Å². The molecule has 8 heteroatoms. The Labute approximate surface area is 241 Å². The lowest BCUT2D eigenvalue weighted by atomic mass is 9.65. The Kier molecular flexibility index (Phi) is 8.34. The molecule has 0 saturated carbocycles. The van der Waals surface area contributed by atoms with E-state index in [4.69, 9.17) is 9.47 Å². The van der Waals surface area contributed by atoms with Gasteiger partial charge in [-0.2, -0.15) is 0 Å². The van der Waals surface area contributed by atoms with E-state index in [2.05, 4.69) is 13.2 Å². The first-order valence-electron chi connectivity index (χ1n) is 14.7. The number of benzene rings is 2. The first-order chi connectivity index (χ1) is 19.9. The molecule has 0 aromatic heterocycles. The number of carbonyl (C=O) groups is 3. The van der Waals surface area contributed by atoms with Crippen LogP contribution in [-0.4, -0.2) is 71.3 Å². The third-order valence-electron chi connectivity index (χ3n) is 9.18. The number of ether oxygens (including phenoxy) is 2. The Morgan fingerprint density at radius 1 is 1.15 bits per heavy atom. The lowest BCUT2D eigenvalue weighted by molar-refractivity contribution is -0.161. The molecule has 5 rings (SSSR count). The molecule has 2 unspecified atom stereocenters. The van der Waals surface area contributed by atoms with Crippen molar-refractivity contribution >= 4 is 34.2 Å². The zero-order valence-electron chi connectivity index (χ0n) is 23.8. The third-order valence-corrected chi connectivity index (χ3v) is 9.18. The molecule has 1 spiro atoms. The van der Waals surface area contributed by atoms with Crippen molar-refractivity contribution in [1.82, 2.24) is 4.90 Å². The number of likely N-dealkylation sites (tertiary alicyclic amines) is 1. The lowest BCUT2D eigenvalue weighted by Crippen LogP contribution is -2.56. The third kappa shape index (κ3) is 4.77. The minimum absolute atomic E-state index is 0.0288. The van der Waals surface area contributed by atoms with Gasteiger partial charge >= 0.3 is 5.97 Å². The molecule has 1 N–H and O–H groups in total. The second kappa shape index (κ2) is 11.8. The molecule has 0 radical (unpaired) electrons. The Balaban J connectivity index is 1.51. The fraction of sp³-hybridized carbons (Fsp3) is 0.485. The number of β-amino-alcohol motifs (C(OH)–C–C–N with tert-alkyl or cyclic N) is 1. The van der Waals surface area contributed by atoms with Gasteiger partial charge in [0, 0.05) is 18.8 Å². The van der Waals surface area contributed by atoms with Crippen LogP contribution in [0.15, 0.2) is 67.8 Å². The van der Waals surface area contributed by atoms with Gasteiger partial charge in [0.05, 0.1) is 24.7 Å². The normalized spacial score (nSPS) is 28.1. The van der Waals surface area contributed by atoms with Crippen molar-refractivity contribution in [2.75, 3.05) is 31.2 Å². The average Bonchev–Trinajstić information content (AvgIpc) is 3.59. The highest BCUT2D eigenvalue weighted by atomic mass is 16.6. The molecule has 3 saturated heterocycles. The van der Waals surface area contributed by atoms with Crippen LogP contribution in [0.2, 0.25) is 0 Å². The summed E-state index contributed by atoms with van der Waals surface area (Å²) in [7, 11) is 0. The molecule has 218 valence electrons. The summed E-state index contributed by atoms with van der Waals surface area (Å²) in [6, 6.07) is 12.7. The van der Waals surface area contributed by atoms with Crippen LogP contribution in [0.5, 0.6) is 0 Å². The summed E-state index contributed by atoms with van der Waals surface area (Å²) in [5.74, 6) is -2.74. The molecule has 3 heterocycles. The number of amides is 2. The molecule has 8 nitrogen and oxygen atoms in total. The number of aliphatic hydroxyl groups is 1. The fourth-order valence-corrected chi connectivity index (χ4v) is 7.30. The molecular formula is C33H40N2O6. The number of fused-ring (bicyclic) bond motifs is 2. The molecule has 41 heavy (non-hydrogen) atoms. The Morgan fingerprint density at radius 2 is 1.93 bits per heavy atom. The van der Waals surface area contributed by atoms with E-state index in [1.165, 1.54) is 4.90 Å². The zero-order chi connectivity index (χ0) is 29.2. The number of anilines is 1. The Bertz CT molecular complexity index is 1340. The largest absolute Gasteiger partial charge is 0.465 e. The average molecular weight is 561 g/mol. The number of hydrogen-bond acceptors (Lipinski definition) is 6. The number of esters is 1. The maximum Gasteiger partial charge on any atom is 0.312 e. The van der Waals surface area contributed by atoms with Crippen LogP contribution in [0.1, 0.15) is 45.4 Å². The van der Waals surface area contributed by atoms with Gasteiger partial charge in [-0.3, -0.25) is 14.4 Å². The number of rotatable bonds is 13. The Morgan fingerprint density at radius 3 is 2.63 bits per heavy atom. The summed E-state index contributed by atoms with van der Waals surface area (Å²) in [6.45, 7) is 9.70. The fourth-order valence-electron chi connectivity index (χ4n) is 7.30. The highest BCUT2D eigenvalue weighted by molar-refractivity contribution is 6.05. The van der Waals surface area contributed by atoms with Gasteiger partial charge in [-0.1, -0.05) is 49.4 Å². The monoisotopic (exact) mass is 560 g/mol. The highest BCUT2D eigenvalue weighted by Crippen LogP contribution is 2.64. The van der Waals surface area contributed by atoms with Crippen molar-refractivity contribution in [2.45, 2.75) is 62.7 Å². The number of aliphatic hydroxyl groups excluding tert-OH is 1. The van der Waals surface area contributed by atoms with Crippen molar-refractivity contribution in [3.8, 4) is 0 Å². The van der Waals surface area contributed by atoms with Gasteiger partial charge in [0.25, 0.3) is 5.91 Å². The first kappa shape index (κ1) is 29.0. The van der Waals surface area contributed by atoms with Gasteiger partial charge < -0.3 is 24.4 Å². The van der Waals surface area contributed by atoms with Crippen LogP contribution in [0.3, 0.4) is 0 Å². The molecule has 3 aliphatic rings. The minimum atomic E-state index is -1.18. The van der Waals surface area contributed by atoms with Crippen molar-refractivity contribution in [3.63, 3.8) is 0 Å². The maximum atomic E-state index is 14.6. The van der Waals surface area contributed by atoms with Crippen molar-refractivity contribution < 1.29 is 29.0 Å². The lowest BCUT2D eigenvalue weighted by Gasteiger charge is -2.36. The summed E-state index contributed by atoms with van der Waals surface area (Å²) >= 11 is 0. The van der Waals surface area contributed by atoms with Gasteiger partial charge in [-0.05, 0) is 61.4 Å². The maximum absolute atomic E-state index is 14.6. The van der Waals surface area contributed by atoms with E-state index < -0.39 is 35.0 Å². The van der Waals surface area contributed by atoms with Gasteiger partial charge in [0.15, 0.2) is 0 Å². The van der Waals surface area contributed by atoms with Gasteiger partial charge in [0.1, 0.15) is 17.6 Å². The molecule has 0 aliphatic carbocycles. The second-order valence-corrected chi connectivity index (χ2v) is 11.3. The quantitative estimate of drug-likeness (QED) is 0.222. The van der Waals surface area contributed by atoms with Crippen LogP contribution >= 0.6 is 0 Å². The van der Waals surface area contributed by atoms with E-state index >= 15 is 0 Å². The molecule has 3 aliphatic heterocycles. The van der Waals surface area contributed by atoms with Crippen molar-refractivity contribution in [1.29, 1.82) is 0 Å². The molecule has 5 atom stereocenters. The topological polar surface area (TPSA) is 96.4 Å². The standard InChI is InChI=1S/C33H40N2O6/c1-4-7-8-11-21-40-31(39)27-26-29(37)35(19-20-36)28(33(26)17-16-32(27,6-3)41-33)30(38)34(18-5-2)25-15-14-23-12-9-10-13-24(23)22-25/h4-5,9-10,12-15,22,26-28,36H,1-2,6-8,11,16-21H2,3H3/t26-,27+,28?,32-,33?/m0/s1. The van der Waals surface area contributed by atoms with Crippen LogP contribution < -0.4 is 4.90 Å². The molecule has 2 amide bonds. The zero-order valence-corrected chi connectivity index (χ0v) is 23.8.